The Morgan fingerprint density at radius 2 is 2.00 bits per heavy atom. The number of likely N-dealkylation sites (N-methyl/N-ethyl adjacent to an activating group) is 1. The molecule has 1 saturated carbocycles. The van der Waals surface area contributed by atoms with E-state index in [0.29, 0.717) is 18.5 Å². The molecule has 18 heavy (non-hydrogen) atoms. The van der Waals surface area contributed by atoms with Gasteiger partial charge in [0.2, 0.25) is 0 Å². The normalized spacial score (nSPS) is 26.8. The Balaban J connectivity index is 2.19. The van der Waals surface area contributed by atoms with E-state index in [1.165, 1.54) is 25.7 Å². The van der Waals surface area contributed by atoms with E-state index in [9.17, 15) is 5.11 Å². The smallest absolute Gasteiger partial charge is 0.0791 e. The molecule has 1 rings (SSSR count). The van der Waals surface area contributed by atoms with Crippen LogP contribution in [0.15, 0.2) is 0 Å². The monoisotopic (exact) mass is 256 g/mol. The molecule has 3 nitrogen and oxygen atoms in total. The molecule has 0 radical (unpaired) electrons. The van der Waals surface area contributed by atoms with E-state index in [-0.39, 0.29) is 6.10 Å². The SMILES string of the molecule is CC(C)CNCC(O)CN(C)C1CCCC(C)C1. The Labute approximate surface area is 113 Å². The predicted molar refractivity (Wildman–Crippen MR) is 77.8 cm³/mol. The third-order valence-corrected chi connectivity index (χ3v) is 3.96. The zero-order valence-corrected chi connectivity index (χ0v) is 12.7. The molecule has 0 heterocycles. The Morgan fingerprint density at radius 1 is 1.28 bits per heavy atom. The second kappa shape index (κ2) is 8.13. The number of rotatable bonds is 7. The minimum atomic E-state index is -0.244. The van der Waals surface area contributed by atoms with E-state index in [0.717, 1.165) is 19.0 Å². The van der Waals surface area contributed by atoms with Crippen molar-refractivity contribution in [2.75, 3.05) is 26.7 Å². The lowest BCUT2D eigenvalue weighted by molar-refractivity contribution is 0.0823. The Kier molecular flexibility index (Phi) is 7.20. The summed E-state index contributed by atoms with van der Waals surface area (Å²) in [6, 6.07) is 0.675. The van der Waals surface area contributed by atoms with Crippen molar-refractivity contribution in [1.82, 2.24) is 10.2 Å². The maximum absolute atomic E-state index is 10.0. The molecule has 108 valence electrons. The molecule has 3 unspecified atom stereocenters. The van der Waals surface area contributed by atoms with Crippen molar-refractivity contribution < 1.29 is 5.11 Å². The van der Waals surface area contributed by atoms with Crippen molar-refractivity contribution in [3.8, 4) is 0 Å². The molecule has 0 aliphatic heterocycles. The van der Waals surface area contributed by atoms with Crippen molar-refractivity contribution in [2.45, 2.75) is 58.6 Å². The van der Waals surface area contributed by atoms with Gasteiger partial charge in [-0.25, -0.2) is 0 Å². The number of hydrogen-bond acceptors (Lipinski definition) is 3. The maximum atomic E-state index is 10.0. The molecule has 0 amide bonds. The summed E-state index contributed by atoms with van der Waals surface area (Å²) < 4.78 is 0. The molecule has 0 aromatic heterocycles. The second-order valence-corrected chi connectivity index (χ2v) is 6.57. The lowest BCUT2D eigenvalue weighted by Crippen LogP contribution is -2.43. The van der Waals surface area contributed by atoms with Crippen LogP contribution in [0.25, 0.3) is 0 Å². The van der Waals surface area contributed by atoms with E-state index in [1.54, 1.807) is 0 Å². The highest BCUT2D eigenvalue weighted by molar-refractivity contribution is 4.78. The zero-order chi connectivity index (χ0) is 13.5. The first-order valence-corrected chi connectivity index (χ1v) is 7.58. The van der Waals surface area contributed by atoms with Gasteiger partial charge < -0.3 is 15.3 Å². The summed E-state index contributed by atoms with van der Waals surface area (Å²) in [5, 5.41) is 13.3. The van der Waals surface area contributed by atoms with Crippen LogP contribution in [0.3, 0.4) is 0 Å². The van der Waals surface area contributed by atoms with E-state index < -0.39 is 0 Å². The highest BCUT2D eigenvalue weighted by Gasteiger charge is 2.23. The van der Waals surface area contributed by atoms with Gasteiger partial charge in [-0.05, 0) is 38.3 Å². The van der Waals surface area contributed by atoms with Gasteiger partial charge in [0.1, 0.15) is 0 Å². The average Bonchev–Trinajstić information content (AvgIpc) is 2.28. The highest BCUT2D eigenvalue weighted by Crippen LogP contribution is 2.26. The summed E-state index contributed by atoms with van der Waals surface area (Å²) in [5.74, 6) is 1.50. The van der Waals surface area contributed by atoms with E-state index in [2.05, 4.69) is 38.0 Å². The first-order chi connectivity index (χ1) is 8.49. The Hall–Kier alpha value is -0.120. The van der Waals surface area contributed by atoms with Crippen LogP contribution in [0.1, 0.15) is 46.5 Å². The van der Waals surface area contributed by atoms with Gasteiger partial charge in [-0.15, -0.1) is 0 Å². The largest absolute Gasteiger partial charge is 0.390 e. The third kappa shape index (κ3) is 6.17. The van der Waals surface area contributed by atoms with Crippen molar-refractivity contribution in [1.29, 1.82) is 0 Å². The average molecular weight is 256 g/mol. The van der Waals surface area contributed by atoms with Crippen molar-refractivity contribution >= 4 is 0 Å². The fourth-order valence-corrected chi connectivity index (χ4v) is 2.89. The Morgan fingerprint density at radius 3 is 2.61 bits per heavy atom. The molecule has 1 aliphatic carbocycles. The summed E-state index contributed by atoms with van der Waals surface area (Å²) in [6.07, 6.45) is 5.07. The van der Waals surface area contributed by atoms with Crippen molar-refractivity contribution in [3.05, 3.63) is 0 Å². The van der Waals surface area contributed by atoms with Gasteiger partial charge in [0.15, 0.2) is 0 Å². The minimum absolute atomic E-state index is 0.244. The standard InChI is InChI=1S/C15H32N2O/c1-12(2)9-16-10-15(18)11-17(4)14-7-5-6-13(3)8-14/h12-16,18H,5-11H2,1-4H3. The van der Waals surface area contributed by atoms with Gasteiger partial charge in [-0.1, -0.05) is 33.6 Å². The summed E-state index contributed by atoms with van der Waals surface area (Å²) in [6.45, 7) is 9.22. The van der Waals surface area contributed by atoms with Crippen molar-refractivity contribution in [2.24, 2.45) is 11.8 Å². The molecule has 0 spiro atoms. The predicted octanol–water partition coefficient (Wildman–Crippen LogP) is 2.10. The van der Waals surface area contributed by atoms with Gasteiger partial charge >= 0.3 is 0 Å². The van der Waals surface area contributed by atoms with Gasteiger partial charge in [0, 0.05) is 19.1 Å². The van der Waals surface area contributed by atoms with Crippen LogP contribution in [0, 0.1) is 11.8 Å². The molecule has 1 fully saturated rings. The Bertz CT molecular complexity index is 221. The molecule has 3 atom stereocenters. The van der Waals surface area contributed by atoms with Crippen LogP contribution in [-0.4, -0.2) is 48.8 Å². The fraction of sp³-hybridized carbons (Fsp3) is 1.00. The number of nitrogens with zero attached hydrogens (tertiary/aromatic N) is 1. The van der Waals surface area contributed by atoms with E-state index in [4.69, 9.17) is 0 Å². The molecule has 2 N–H and O–H groups in total. The molecule has 0 aromatic carbocycles. The van der Waals surface area contributed by atoms with Crippen LogP contribution in [0.5, 0.6) is 0 Å². The lowest BCUT2D eigenvalue weighted by atomic mass is 9.86. The topological polar surface area (TPSA) is 35.5 Å². The summed E-state index contributed by atoms with van der Waals surface area (Å²) in [4.78, 5) is 2.36. The minimum Gasteiger partial charge on any atom is -0.390 e. The van der Waals surface area contributed by atoms with Crippen LogP contribution in [0.4, 0.5) is 0 Å². The van der Waals surface area contributed by atoms with Crippen LogP contribution in [-0.2, 0) is 0 Å². The highest BCUT2D eigenvalue weighted by atomic mass is 16.3. The maximum Gasteiger partial charge on any atom is 0.0791 e. The number of aliphatic hydroxyl groups excluding tert-OH is 1. The summed E-state index contributed by atoms with van der Waals surface area (Å²) in [7, 11) is 2.16. The first kappa shape index (κ1) is 15.9. The number of nitrogens with one attached hydrogen (secondary N) is 1. The van der Waals surface area contributed by atoms with E-state index >= 15 is 0 Å². The first-order valence-electron chi connectivity index (χ1n) is 7.58. The van der Waals surface area contributed by atoms with Crippen LogP contribution in [0.2, 0.25) is 0 Å². The molecular formula is C15H32N2O. The molecule has 3 heteroatoms. The molecular weight excluding hydrogens is 224 g/mol. The number of hydrogen-bond donors (Lipinski definition) is 2. The quantitative estimate of drug-likeness (QED) is 0.732. The summed E-state index contributed by atoms with van der Waals surface area (Å²) >= 11 is 0. The van der Waals surface area contributed by atoms with Crippen LogP contribution < -0.4 is 5.32 Å². The van der Waals surface area contributed by atoms with E-state index in [1.807, 2.05) is 0 Å². The third-order valence-electron chi connectivity index (χ3n) is 3.96. The van der Waals surface area contributed by atoms with Gasteiger partial charge in [0.25, 0.3) is 0 Å². The molecule has 0 aromatic rings. The molecule has 1 aliphatic rings. The van der Waals surface area contributed by atoms with Gasteiger partial charge in [0.05, 0.1) is 6.10 Å². The zero-order valence-electron chi connectivity index (χ0n) is 12.7. The lowest BCUT2D eigenvalue weighted by Gasteiger charge is -2.35. The molecule has 0 bridgehead atoms. The van der Waals surface area contributed by atoms with Gasteiger partial charge in [-0.2, -0.15) is 0 Å². The summed E-state index contributed by atoms with van der Waals surface area (Å²) in [5.41, 5.74) is 0. The number of aliphatic hydroxyl groups is 1. The fourth-order valence-electron chi connectivity index (χ4n) is 2.89. The van der Waals surface area contributed by atoms with Gasteiger partial charge in [-0.3, -0.25) is 0 Å². The molecule has 0 saturated heterocycles. The second-order valence-electron chi connectivity index (χ2n) is 6.57. The van der Waals surface area contributed by atoms with Crippen LogP contribution >= 0.6 is 0 Å². The van der Waals surface area contributed by atoms with Crippen molar-refractivity contribution in [3.63, 3.8) is 0 Å².